The molecule has 0 bridgehead atoms. The van der Waals surface area contributed by atoms with E-state index in [1.807, 2.05) is 24.4 Å². The Morgan fingerprint density at radius 1 is 1.02 bits per heavy atom. The van der Waals surface area contributed by atoms with Gasteiger partial charge in [0.1, 0.15) is 24.1 Å². The lowest BCUT2D eigenvalue weighted by Gasteiger charge is -2.30. The number of nitrogens with zero attached hydrogens (tertiary/aromatic N) is 6. The number of ether oxygens (including phenoxy) is 2. The molecular weight excluding hydrogens is 530 g/mol. The number of carbonyl (C=O) groups is 1. The van der Waals surface area contributed by atoms with Crippen LogP contribution >= 0.6 is 0 Å². The lowest BCUT2D eigenvalue weighted by atomic mass is 9.87. The number of likely N-dealkylation sites (tertiary alicyclic amines) is 1. The predicted octanol–water partition coefficient (Wildman–Crippen LogP) is 5.61. The Morgan fingerprint density at radius 3 is 2.40 bits per heavy atom. The molecule has 1 N–H and O–H groups in total. The van der Waals surface area contributed by atoms with Crippen molar-refractivity contribution in [2.75, 3.05) is 61.6 Å². The van der Waals surface area contributed by atoms with Gasteiger partial charge < -0.3 is 24.6 Å². The lowest BCUT2D eigenvalue weighted by Crippen LogP contribution is -2.37. The molecule has 10 nitrogen and oxygen atoms in total. The average molecular weight is 572 g/mol. The molecule has 2 saturated heterocycles. The van der Waals surface area contributed by atoms with Crippen LogP contribution in [0.2, 0.25) is 0 Å². The van der Waals surface area contributed by atoms with Gasteiger partial charge in [-0.15, -0.1) is 0 Å². The number of fused-ring (bicyclic) bond motifs is 1. The van der Waals surface area contributed by atoms with Crippen molar-refractivity contribution in [3.05, 3.63) is 59.8 Å². The Hall–Kier alpha value is -3.76. The molecule has 0 unspecified atom stereocenters. The zero-order valence-electron chi connectivity index (χ0n) is 25.3. The summed E-state index contributed by atoms with van der Waals surface area (Å²) in [5.74, 6) is 3.18. The van der Waals surface area contributed by atoms with E-state index in [0.717, 1.165) is 30.2 Å². The summed E-state index contributed by atoms with van der Waals surface area (Å²) in [7, 11) is 2.19. The molecule has 2 aromatic heterocycles. The summed E-state index contributed by atoms with van der Waals surface area (Å²) >= 11 is 0. The predicted molar refractivity (Wildman–Crippen MR) is 164 cm³/mol. The number of rotatable bonds is 7. The number of aromatic nitrogens is 3. The highest BCUT2D eigenvalue weighted by atomic mass is 16.6. The minimum atomic E-state index is -0.374. The van der Waals surface area contributed by atoms with E-state index in [4.69, 9.17) is 24.4 Å². The van der Waals surface area contributed by atoms with Crippen LogP contribution in [0.3, 0.4) is 0 Å². The third kappa shape index (κ3) is 5.91. The van der Waals surface area contributed by atoms with Crippen LogP contribution < -0.4 is 15.1 Å². The maximum absolute atomic E-state index is 12.2. The molecule has 1 aromatic carbocycles. The van der Waals surface area contributed by atoms with Crippen LogP contribution in [0.25, 0.3) is 0 Å². The van der Waals surface area contributed by atoms with Gasteiger partial charge in [0.2, 0.25) is 5.95 Å². The van der Waals surface area contributed by atoms with E-state index in [1.165, 1.54) is 18.4 Å². The summed E-state index contributed by atoms with van der Waals surface area (Å²) < 4.78 is 11.4. The van der Waals surface area contributed by atoms with Crippen molar-refractivity contribution in [2.24, 2.45) is 0 Å². The van der Waals surface area contributed by atoms with Crippen molar-refractivity contribution in [1.29, 1.82) is 0 Å². The fourth-order valence-corrected chi connectivity index (χ4v) is 5.89. The van der Waals surface area contributed by atoms with E-state index in [0.29, 0.717) is 49.8 Å². The standard InChI is InChI=1S/C32H41N7O3/c1-31(2,3)42-21-32(4)20-39(27-8-6-7-26(35-27)38-17-18-41-30(38)40)28-25(32)19-33-29(36-28)34-24-11-9-22(10-12-24)23-13-15-37(5)16-14-23/h6-12,19,23H,13-18,20-21H2,1-5H3,(H,33,34,36)/t32-/m0/s1. The molecule has 3 aliphatic heterocycles. The number of anilines is 5. The number of hydrogen-bond acceptors (Lipinski definition) is 9. The molecule has 3 aliphatic rings. The minimum absolute atomic E-state index is 0.285. The Morgan fingerprint density at radius 2 is 1.74 bits per heavy atom. The third-order valence-electron chi connectivity index (χ3n) is 8.40. The maximum atomic E-state index is 12.2. The summed E-state index contributed by atoms with van der Waals surface area (Å²) in [6, 6.07) is 14.4. The van der Waals surface area contributed by atoms with Crippen LogP contribution in [-0.4, -0.2) is 78.0 Å². The molecular formula is C32H41N7O3. The van der Waals surface area contributed by atoms with E-state index in [1.54, 1.807) is 4.90 Å². The number of pyridine rings is 1. The second-order valence-corrected chi connectivity index (χ2v) is 12.9. The molecule has 0 aliphatic carbocycles. The van der Waals surface area contributed by atoms with Crippen molar-refractivity contribution in [1.82, 2.24) is 19.9 Å². The van der Waals surface area contributed by atoms with Gasteiger partial charge in [0, 0.05) is 29.4 Å². The fraction of sp³-hybridized carbons (Fsp3) is 0.500. The maximum Gasteiger partial charge on any atom is 0.415 e. The second kappa shape index (κ2) is 11.1. The molecule has 10 heteroatoms. The average Bonchev–Trinajstić information content (AvgIpc) is 3.53. The third-order valence-corrected chi connectivity index (χ3v) is 8.40. The quantitative estimate of drug-likeness (QED) is 0.388. The fourth-order valence-electron chi connectivity index (χ4n) is 5.89. The molecule has 0 spiro atoms. The van der Waals surface area contributed by atoms with Gasteiger partial charge in [-0.3, -0.25) is 4.90 Å². The van der Waals surface area contributed by atoms with E-state index in [9.17, 15) is 4.79 Å². The van der Waals surface area contributed by atoms with Crippen molar-refractivity contribution >= 4 is 35.2 Å². The monoisotopic (exact) mass is 571 g/mol. The van der Waals surface area contributed by atoms with E-state index in [-0.39, 0.29) is 17.1 Å². The Balaban J connectivity index is 1.28. The first-order chi connectivity index (χ1) is 20.1. The summed E-state index contributed by atoms with van der Waals surface area (Å²) in [4.78, 5) is 32.9. The van der Waals surface area contributed by atoms with Crippen molar-refractivity contribution < 1.29 is 14.3 Å². The molecule has 0 radical (unpaired) electrons. The number of benzene rings is 1. The first kappa shape index (κ1) is 28.4. The van der Waals surface area contributed by atoms with Crippen LogP contribution in [0.1, 0.15) is 57.6 Å². The van der Waals surface area contributed by atoms with E-state index < -0.39 is 0 Å². The summed E-state index contributed by atoms with van der Waals surface area (Å²) in [6.45, 7) is 12.6. The highest BCUT2D eigenvalue weighted by Crippen LogP contribution is 2.44. The zero-order chi connectivity index (χ0) is 29.5. The van der Waals surface area contributed by atoms with Crippen LogP contribution in [-0.2, 0) is 14.9 Å². The molecule has 42 heavy (non-hydrogen) atoms. The molecule has 6 rings (SSSR count). The molecule has 5 heterocycles. The van der Waals surface area contributed by atoms with Gasteiger partial charge in [0.15, 0.2) is 0 Å². The van der Waals surface area contributed by atoms with Gasteiger partial charge in [0.05, 0.1) is 18.8 Å². The Labute approximate surface area is 248 Å². The molecule has 222 valence electrons. The van der Waals surface area contributed by atoms with Crippen molar-refractivity contribution in [3.8, 4) is 0 Å². The molecule has 3 aromatic rings. The van der Waals surface area contributed by atoms with Crippen molar-refractivity contribution in [3.63, 3.8) is 0 Å². The number of nitrogens with one attached hydrogen (secondary N) is 1. The van der Waals surface area contributed by atoms with Gasteiger partial charge in [-0.05, 0) is 89.5 Å². The normalized spacial score (nSPS) is 21.5. The zero-order valence-corrected chi connectivity index (χ0v) is 25.3. The number of hydrogen-bond donors (Lipinski definition) is 1. The van der Waals surface area contributed by atoms with Crippen LogP contribution in [0.4, 0.5) is 33.9 Å². The summed E-state index contributed by atoms with van der Waals surface area (Å²) in [5.41, 5.74) is 2.69. The van der Waals surface area contributed by atoms with Gasteiger partial charge in [-0.25, -0.2) is 14.8 Å². The number of piperidine rings is 1. The lowest BCUT2D eigenvalue weighted by molar-refractivity contribution is -0.0252. The first-order valence-corrected chi connectivity index (χ1v) is 14.8. The second-order valence-electron chi connectivity index (χ2n) is 12.9. The number of carbonyl (C=O) groups excluding carboxylic acids is 1. The largest absolute Gasteiger partial charge is 0.447 e. The minimum Gasteiger partial charge on any atom is -0.447 e. The first-order valence-electron chi connectivity index (χ1n) is 14.8. The van der Waals surface area contributed by atoms with Gasteiger partial charge >= 0.3 is 6.09 Å². The molecule has 1 atom stereocenters. The van der Waals surface area contributed by atoms with Gasteiger partial charge in [-0.1, -0.05) is 25.1 Å². The topological polar surface area (TPSA) is 96.0 Å². The van der Waals surface area contributed by atoms with E-state index >= 15 is 0 Å². The van der Waals surface area contributed by atoms with Gasteiger partial charge in [0.25, 0.3) is 0 Å². The van der Waals surface area contributed by atoms with Gasteiger partial charge in [-0.2, -0.15) is 4.98 Å². The number of cyclic esters (lactones) is 1. The molecule has 2 fully saturated rings. The van der Waals surface area contributed by atoms with Crippen LogP contribution in [0.5, 0.6) is 0 Å². The van der Waals surface area contributed by atoms with Crippen LogP contribution in [0.15, 0.2) is 48.7 Å². The summed E-state index contributed by atoms with van der Waals surface area (Å²) in [5, 5.41) is 3.41. The van der Waals surface area contributed by atoms with E-state index in [2.05, 4.69) is 74.1 Å². The smallest absolute Gasteiger partial charge is 0.415 e. The van der Waals surface area contributed by atoms with Crippen LogP contribution in [0, 0.1) is 0 Å². The Bertz CT molecular complexity index is 1430. The molecule has 1 amide bonds. The summed E-state index contributed by atoms with van der Waals surface area (Å²) in [6.07, 6.45) is 3.92. The Kier molecular flexibility index (Phi) is 7.53. The highest BCUT2D eigenvalue weighted by molar-refractivity contribution is 5.88. The molecule has 0 saturated carbocycles. The SMILES string of the molecule is CN1CCC(c2ccc(Nc3ncc4c(n3)N(c3cccc(N5CCOC5=O)n3)C[C@@]4(C)COC(C)(C)C)cc2)CC1. The van der Waals surface area contributed by atoms with Crippen molar-refractivity contribution in [2.45, 2.75) is 57.5 Å². The highest BCUT2D eigenvalue weighted by Gasteiger charge is 2.43. The number of amides is 1.